The standard InChI is InChI=1S/C14H20N2O2S/c1-19-13-5-3-2-4-12(13)16-9-6-7-10(14(17)18)11(15)8-9/h6-8,12-13,16H,2-5,15H2,1H3,(H,17,18). The molecule has 2 unspecified atom stereocenters. The predicted octanol–water partition coefficient (Wildman–Crippen LogP) is 3.05. The molecule has 2 rings (SSSR count). The Hall–Kier alpha value is -1.36. The summed E-state index contributed by atoms with van der Waals surface area (Å²) < 4.78 is 0. The fraction of sp³-hybridized carbons (Fsp3) is 0.500. The van der Waals surface area contributed by atoms with Crippen molar-refractivity contribution in [1.82, 2.24) is 0 Å². The van der Waals surface area contributed by atoms with Crippen molar-refractivity contribution in [1.29, 1.82) is 0 Å². The van der Waals surface area contributed by atoms with Gasteiger partial charge in [0.1, 0.15) is 0 Å². The van der Waals surface area contributed by atoms with Gasteiger partial charge in [0.2, 0.25) is 0 Å². The number of nitrogens with two attached hydrogens (primary N) is 1. The van der Waals surface area contributed by atoms with Crippen molar-refractivity contribution in [2.24, 2.45) is 0 Å². The minimum atomic E-state index is -0.983. The van der Waals surface area contributed by atoms with Crippen LogP contribution in [0, 0.1) is 0 Å². The number of benzene rings is 1. The number of carboxylic acid groups (broad SMARTS) is 1. The fourth-order valence-electron chi connectivity index (χ4n) is 2.61. The van der Waals surface area contributed by atoms with E-state index in [9.17, 15) is 4.79 Å². The van der Waals surface area contributed by atoms with Crippen LogP contribution in [0.4, 0.5) is 11.4 Å². The van der Waals surface area contributed by atoms with Crippen LogP contribution in [0.3, 0.4) is 0 Å². The largest absolute Gasteiger partial charge is 0.478 e. The lowest BCUT2D eigenvalue weighted by molar-refractivity contribution is 0.0698. The number of aromatic carboxylic acids is 1. The van der Waals surface area contributed by atoms with Crippen LogP contribution >= 0.6 is 11.8 Å². The lowest BCUT2D eigenvalue weighted by atomic mass is 9.94. The zero-order valence-corrected chi connectivity index (χ0v) is 11.9. The fourth-order valence-corrected chi connectivity index (χ4v) is 3.54. The highest BCUT2D eigenvalue weighted by Gasteiger charge is 2.24. The van der Waals surface area contributed by atoms with Gasteiger partial charge in [-0.1, -0.05) is 12.8 Å². The molecule has 1 aromatic rings. The van der Waals surface area contributed by atoms with Crippen LogP contribution in [-0.2, 0) is 0 Å². The lowest BCUT2D eigenvalue weighted by Gasteiger charge is -2.31. The number of carboxylic acids is 1. The average molecular weight is 280 g/mol. The van der Waals surface area contributed by atoms with Gasteiger partial charge in [0.15, 0.2) is 0 Å². The molecule has 1 aromatic carbocycles. The number of nitrogen functional groups attached to an aromatic ring is 1. The zero-order chi connectivity index (χ0) is 13.8. The predicted molar refractivity (Wildman–Crippen MR) is 81.0 cm³/mol. The first-order valence-electron chi connectivity index (χ1n) is 6.54. The topological polar surface area (TPSA) is 75.3 Å². The molecule has 0 aliphatic heterocycles. The normalized spacial score (nSPS) is 23.0. The molecule has 0 bridgehead atoms. The summed E-state index contributed by atoms with van der Waals surface area (Å²) in [7, 11) is 0. The van der Waals surface area contributed by atoms with E-state index in [0.717, 1.165) is 12.1 Å². The third-order valence-corrected chi connectivity index (χ3v) is 4.81. The maximum Gasteiger partial charge on any atom is 0.337 e. The third-order valence-electron chi connectivity index (χ3n) is 3.64. The molecule has 0 radical (unpaired) electrons. The van der Waals surface area contributed by atoms with Gasteiger partial charge in [0.25, 0.3) is 0 Å². The number of carbonyl (C=O) groups is 1. The lowest BCUT2D eigenvalue weighted by Crippen LogP contribution is -2.34. The van der Waals surface area contributed by atoms with Crippen LogP contribution < -0.4 is 11.1 Å². The van der Waals surface area contributed by atoms with Gasteiger partial charge in [-0.2, -0.15) is 11.8 Å². The SMILES string of the molecule is CSC1CCCCC1Nc1ccc(C(=O)O)c(N)c1. The Balaban J connectivity index is 2.10. The Morgan fingerprint density at radius 2 is 2.16 bits per heavy atom. The monoisotopic (exact) mass is 280 g/mol. The molecule has 4 N–H and O–H groups in total. The first-order valence-corrected chi connectivity index (χ1v) is 7.82. The molecule has 0 aromatic heterocycles. The molecule has 0 spiro atoms. The summed E-state index contributed by atoms with van der Waals surface area (Å²) in [6.07, 6.45) is 7.08. The Morgan fingerprint density at radius 1 is 1.42 bits per heavy atom. The van der Waals surface area contributed by atoms with Gasteiger partial charge >= 0.3 is 5.97 Å². The second kappa shape index (κ2) is 6.19. The molecule has 19 heavy (non-hydrogen) atoms. The van der Waals surface area contributed by atoms with Crippen LogP contribution in [-0.4, -0.2) is 28.6 Å². The van der Waals surface area contributed by atoms with Crippen molar-refractivity contribution in [2.45, 2.75) is 37.0 Å². The van der Waals surface area contributed by atoms with Crippen molar-refractivity contribution >= 4 is 29.1 Å². The Morgan fingerprint density at radius 3 is 2.79 bits per heavy atom. The first-order chi connectivity index (χ1) is 9.11. The van der Waals surface area contributed by atoms with Crippen molar-refractivity contribution in [3.05, 3.63) is 23.8 Å². The van der Waals surface area contributed by atoms with E-state index in [2.05, 4.69) is 11.6 Å². The summed E-state index contributed by atoms with van der Waals surface area (Å²) in [6.45, 7) is 0. The molecule has 0 amide bonds. The highest BCUT2D eigenvalue weighted by atomic mass is 32.2. The number of hydrogen-bond acceptors (Lipinski definition) is 4. The van der Waals surface area contributed by atoms with E-state index < -0.39 is 5.97 Å². The van der Waals surface area contributed by atoms with Crippen LogP contribution in [0.2, 0.25) is 0 Å². The Labute approximate surface area is 117 Å². The summed E-state index contributed by atoms with van der Waals surface area (Å²) in [5.41, 5.74) is 7.16. The first kappa shape index (κ1) is 14.1. The maximum absolute atomic E-state index is 10.9. The van der Waals surface area contributed by atoms with Crippen molar-refractivity contribution in [3.8, 4) is 0 Å². The molecule has 0 heterocycles. The molecule has 1 fully saturated rings. The minimum absolute atomic E-state index is 0.163. The third kappa shape index (κ3) is 3.35. The van der Waals surface area contributed by atoms with Gasteiger partial charge in [0.05, 0.1) is 5.56 Å². The van der Waals surface area contributed by atoms with E-state index in [-0.39, 0.29) is 5.56 Å². The Bertz CT molecular complexity index is 465. The maximum atomic E-state index is 10.9. The average Bonchev–Trinajstić information content (AvgIpc) is 2.39. The van der Waals surface area contributed by atoms with E-state index in [0.29, 0.717) is 17.0 Å². The number of thioether (sulfide) groups is 1. The van der Waals surface area contributed by atoms with E-state index in [4.69, 9.17) is 10.8 Å². The molecule has 0 saturated heterocycles. The smallest absolute Gasteiger partial charge is 0.337 e. The van der Waals surface area contributed by atoms with Crippen molar-refractivity contribution in [2.75, 3.05) is 17.3 Å². The summed E-state index contributed by atoms with van der Waals surface area (Å²) in [5, 5.41) is 13.1. The van der Waals surface area contributed by atoms with E-state index in [1.54, 1.807) is 18.2 Å². The molecule has 1 saturated carbocycles. The van der Waals surface area contributed by atoms with Gasteiger partial charge in [-0.05, 0) is 37.3 Å². The van der Waals surface area contributed by atoms with E-state index in [1.807, 2.05) is 11.8 Å². The van der Waals surface area contributed by atoms with Crippen LogP contribution in [0.15, 0.2) is 18.2 Å². The van der Waals surface area contributed by atoms with Crippen molar-refractivity contribution in [3.63, 3.8) is 0 Å². The second-order valence-electron chi connectivity index (χ2n) is 4.92. The van der Waals surface area contributed by atoms with Gasteiger partial charge in [-0.25, -0.2) is 4.79 Å². The highest BCUT2D eigenvalue weighted by Crippen LogP contribution is 2.30. The molecular formula is C14H20N2O2S. The second-order valence-corrected chi connectivity index (χ2v) is 5.99. The molecule has 1 aliphatic rings. The quantitative estimate of drug-likeness (QED) is 0.739. The van der Waals surface area contributed by atoms with Crippen LogP contribution in [0.25, 0.3) is 0 Å². The van der Waals surface area contributed by atoms with E-state index >= 15 is 0 Å². The molecule has 1 aliphatic carbocycles. The molecule has 104 valence electrons. The van der Waals surface area contributed by atoms with E-state index in [1.165, 1.54) is 19.3 Å². The molecule has 2 atom stereocenters. The number of hydrogen-bond donors (Lipinski definition) is 3. The van der Waals surface area contributed by atoms with Gasteiger partial charge in [-0.15, -0.1) is 0 Å². The molecule has 4 nitrogen and oxygen atoms in total. The summed E-state index contributed by atoms with van der Waals surface area (Å²) >= 11 is 1.90. The van der Waals surface area contributed by atoms with Gasteiger partial charge in [-0.3, -0.25) is 0 Å². The number of anilines is 2. The summed E-state index contributed by atoms with van der Waals surface area (Å²) in [4.78, 5) is 10.9. The minimum Gasteiger partial charge on any atom is -0.478 e. The summed E-state index contributed by atoms with van der Waals surface area (Å²) in [6, 6.07) is 5.52. The number of rotatable bonds is 4. The highest BCUT2D eigenvalue weighted by molar-refractivity contribution is 7.99. The number of nitrogens with one attached hydrogen (secondary N) is 1. The van der Waals surface area contributed by atoms with Crippen molar-refractivity contribution < 1.29 is 9.90 Å². The molecule has 5 heteroatoms. The summed E-state index contributed by atoms with van der Waals surface area (Å²) in [5.74, 6) is -0.983. The van der Waals surface area contributed by atoms with Gasteiger partial charge < -0.3 is 16.2 Å². The Kier molecular flexibility index (Phi) is 4.58. The van der Waals surface area contributed by atoms with Crippen LogP contribution in [0.5, 0.6) is 0 Å². The zero-order valence-electron chi connectivity index (χ0n) is 11.1. The molecular weight excluding hydrogens is 260 g/mol. The van der Waals surface area contributed by atoms with Crippen LogP contribution in [0.1, 0.15) is 36.0 Å². The van der Waals surface area contributed by atoms with Gasteiger partial charge in [0, 0.05) is 22.7 Å².